The van der Waals surface area contributed by atoms with Crippen molar-refractivity contribution in [3.8, 4) is 11.3 Å². The number of aromatic nitrogens is 3. The number of hydrogen-bond acceptors (Lipinski definition) is 7. The summed E-state index contributed by atoms with van der Waals surface area (Å²) in [5.41, 5.74) is 5.53. The van der Waals surface area contributed by atoms with Gasteiger partial charge in [0.1, 0.15) is 4.88 Å². The minimum atomic E-state index is -0.186. The molecule has 4 aromatic rings. The van der Waals surface area contributed by atoms with Gasteiger partial charge in [0.15, 0.2) is 5.13 Å². The Morgan fingerprint density at radius 3 is 2.82 bits per heavy atom. The second-order valence-corrected chi connectivity index (χ2v) is 9.89. The number of carbonyl (C=O) groups is 2. The first-order valence-electron chi connectivity index (χ1n) is 10.5. The van der Waals surface area contributed by atoms with Gasteiger partial charge in [-0.25, -0.2) is 9.97 Å². The number of pyridine rings is 1. The first-order chi connectivity index (χ1) is 16.0. The molecule has 4 heterocycles. The predicted octanol–water partition coefficient (Wildman–Crippen LogP) is 5.01. The third kappa shape index (κ3) is 4.42. The monoisotopic (exact) mass is 475 g/mol. The summed E-state index contributed by atoms with van der Waals surface area (Å²) in [4.78, 5) is 40.7. The highest BCUT2D eigenvalue weighted by Gasteiger charge is 2.25. The standard InChI is InChI=1S/C24H21N5O2S2/c1-14-22(33-15(2)26-14)23(31)28-24-27-19(13-32-24)17-5-7-20-18(10-17)6-8-21(30)29(20)12-16-4-3-9-25-11-16/h3-5,7,9-11,13H,6,8,12H2,1-2H3,(H,27,28,31). The van der Waals surface area contributed by atoms with E-state index in [1.807, 2.05) is 48.4 Å². The largest absolute Gasteiger partial charge is 0.308 e. The Hall–Kier alpha value is -3.43. The summed E-state index contributed by atoms with van der Waals surface area (Å²) in [6.07, 6.45) is 4.69. The quantitative estimate of drug-likeness (QED) is 0.438. The van der Waals surface area contributed by atoms with Crippen LogP contribution in [-0.4, -0.2) is 26.8 Å². The van der Waals surface area contributed by atoms with Gasteiger partial charge in [-0.3, -0.25) is 19.9 Å². The zero-order chi connectivity index (χ0) is 22.9. The number of nitrogens with zero attached hydrogens (tertiary/aromatic N) is 4. The summed E-state index contributed by atoms with van der Waals surface area (Å²) in [6, 6.07) is 9.91. The summed E-state index contributed by atoms with van der Waals surface area (Å²) in [5, 5.41) is 6.23. The Morgan fingerprint density at radius 2 is 2.06 bits per heavy atom. The van der Waals surface area contributed by atoms with Crippen molar-refractivity contribution in [1.82, 2.24) is 15.0 Å². The highest BCUT2D eigenvalue weighted by Crippen LogP contribution is 2.34. The van der Waals surface area contributed by atoms with Crippen LogP contribution >= 0.6 is 22.7 Å². The van der Waals surface area contributed by atoms with Gasteiger partial charge in [0.05, 0.1) is 22.9 Å². The molecule has 0 saturated carbocycles. The van der Waals surface area contributed by atoms with Gasteiger partial charge in [0, 0.05) is 35.4 Å². The maximum absolute atomic E-state index is 12.6. The fraction of sp³-hybridized carbons (Fsp3) is 0.208. The molecule has 33 heavy (non-hydrogen) atoms. The Labute approximate surface area is 199 Å². The molecule has 0 aliphatic carbocycles. The lowest BCUT2D eigenvalue weighted by atomic mass is 9.97. The fourth-order valence-corrected chi connectivity index (χ4v) is 5.46. The molecule has 0 fully saturated rings. The average Bonchev–Trinajstić information content (AvgIpc) is 3.41. The lowest BCUT2D eigenvalue weighted by Crippen LogP contribution is -2.34. The van der Waals surface area contributed by atoms with Crippen molar-refractivity contribution in [1.29, 1.82) is 0 Å². The number of fused-ring (bicyclic) bond motifs is 1. The van der Waals surface area contributed by atoms with E-state index in [9.17, 15) is 9.59 Å². The molecular formula is C24H21N5O2S2. The normalized spacial score (nSPS) is 13.2. The van der Waals surface area contributed by atoms with Crippen molar-refractivity contribution >= 4 is 45.3 Å². The van der Waals surface area contributed by atoms with Gasteiger partial charge in [-0.05, 0) is 49.6 Å². The molecule has 0 unspecified atom stereocenters. The number of aryl methyl sites for hydroxylation is 3. The Morgan fingerprint density at radius 1 is 1.18 bits per heavy atom. The second-order valence-electron chi connectivity index (χ2n) is 7.82. The first-order valence-corrected chi connectivity index (χ1v) is 12.2. The van der Waals surface area contributed by atoms with Gasteiger partial charge in [0.25, 0.3) is 5.91 Å². The van der Waals surface area contributed by atoms with Crippen LogP contribution in [0.4, 0.5) is 10.8 Å². The topological polar surface area (TPSA) is 88.1 Å². The molecule has 2 amide bonds. The van der Waals surface area contributed by atoms with Crippen LogP contribution in [-0.2, 0) is 17.8 Å². The number of amides is 2. The van der Waals surface area contributed by atoms with Crippen molar-refractivity contribution in [2.24, 2.45) is 0 Å². The number of hydrogen-bond donors (Lipinski definition) is 1. The van der Waals surface area contributed by atoms with Crippen LogP contribution in [0.3, 0.4) is 0 Å². The maximum Gasteiger partial charge on any atom is 0.269 e. The lowest BCUT2D eigenvalue weighted by molar-refractivity contribution is -0.119. The number of anilines is 2. The second kappa shape index (κ2) is 8.84. The van der Waals surface area contributed by atoms with E-state index in [1.165, 1.54) is 22.7 Å². The minimum absolute atomic E-state index is 0.117. The van der Waals surface area contributed by atoms with Gasteiger partial charge in [-0.1, -0.05) is 12.1 Å². The van der Waals surface area contributed by atoms with Crippen molar-refractivity contribution in [2.45, 2.75) is 33.2 Å². The summed E-state index contributed by atoms with van der Waals surface area (Å²) in [5.74, 6) is -0.0691. The van der Waals surface area contributed by atoms with Gasteiger partial charge in [0.2, 0.25) is 5.91 Å². The highest BCUT2D eigenvalue weighted by atomic mass is 32.1. The third-order valence-electron chi connectivity index (χ3n) is 5.47. The molecule has 1 N–H and O–H groups in total. The van der Waals surface area contributed by atoms with E-state index in [1.54, 1.807) is 12.4 Å². The molecule has 0 atom stereocenters. The van der Waals surface area contributed by atoms with E-state index in [-0.39, 0.29) is 11.8 Å². The lowest BCUT2D eigenvalue weighted by Gasteiger charge is -2.29. The van der Waals surface area contributed by atoms with Crippen LogP contribution in [0.5, 0.6) is 0 Å². The van der Waals surface area contributed by atoms with E-state index < -0.39 is 0 Å². The van der Waals surface area contributed by atoms with Crippen LogP contribution in [0.25, 0.3) is 11.3 Å². The summed E-state index contributed by atoms with van der Waals surface area (Å²) >= 11 is 2.77. The first kappa shape index (κ1) is 21.4. The summed E-state index contributed by atoms with van der Waals surface area (Å²) < 4.78 is 0. The molecule has 0 saturated heterocycles. The van der Waals surface area contributed by atoms with Crippen LogP contribution in [0, 0.1) is 13.8 Å². The number of nitrogens with one attached hydrogen (secondary N) is 1. The van der Waals surface area contributed by atoms with E-state index >= 15 is 0 Å². The van der Waals surface area contributed by atoms with E-state index in [0.29, 0.717) is 29.4 Å². The molecule has 0 radical (unpaired) electrons. The Bertz CT molecular complexity index is 1350. The fourth-order valence-electron chi connectivity index (χ4n) is 3.93. The van der Waals surface area contributed by atoms with Crippen molar-refractivity contribution in [3.63, 3.8) is 0 Å². The van der Waals surface area contributed by atoms with Crippen LogP contribution in [0.1, 0.15) is 37.9 Å². The highest BCUT2D eigenvalue weighted by molar-refractivity contribution is 7.15. The van der Waals surface area contributed by atoms with Crippen molar-refractivity contribution < 1.29 is 9.59 Å². The molecule has 0 spiro atoms. The minimum Gasteiger partial charge on any atom is -0.308 e. The van der Waals surface area contributed by atoms with E-state index in [2.05, 4.69) is 26.3 Å². The number of carbonyl (C=O) groups excluding carboxylic acids is 2. The molecule has 0 bridgehead atoms. The summed E-state index contributed by atoms with van der Waals surface area (Å²) in [6.45, 7) is 4.22. The molecule has 166 valence electrons. The van der Waals surface area contributed by atoms with Crippen LogP contribution in [0.2, 0.25) is 0 Å². The maximum atomic E-state index is 12.6. The molecule has 1 aliphatic rings. The smallest absolute Gasteiger partial charge is 0.269 e. The zero-order valence-corrected chi connectivity index (χ0v) is 19.8. The van der Waals surface area contributed by atoms with Crippen molar-refractivity contribution in [2.75, 3.05) is 10.2 Å². The van der Waals surface area contributed by atoms with E-state index in [4.69, 9.17) is 0 Å². The molecule has 5 rings (SSSR count). The average molecular weight is 476 g/mol. The molecule has 3 aromatic heterocycles. The van der Waals surface area contributed by atoms with E-state index in [0.717, 1.165) is 38.8 Å². The van der Waals surface area contributed by atoms with Gasteiger partial charge in [-0.2, -0.15) is 0 Å². The molecule has 7 nitrogen and oxygen atoms in total. The number of rotatable bonds is 5. The Balaban J connectivity index is 1.36. The molecular weight excluding hydrogens is 454 g/mol. The molecule has 1 aromatic carbocycles. The van der Waals surface area contributed by atoms with Gasteiger partial charge in [-0.15, -0.1) is 22.7 Å². The summed E-state index contributed by atoms with van der Waals surface area (Å²) in [7, 11) is 0. The van der Waals surface area contributed by atoms with Gasteiger partial charge < -0.3 is 4.90 Å². The third-order valence-corrected chi connectivity index (χ3v) is 7.30. The number of thiazole rings is 2. The number of benzene rings is 1. The van der Waals surface area contributed by atoms with Crippen LogP contribution < -0.4 is 10.2 Å². The SMILES string of the molecule is Cc1nc(C)c(C(=O)Nc2nc(-c3ccc4c(c3)CCC(=O)N4Cc3cccnc3)cs2)s1. The van der Waals surface area contributed by atoms with Crippen LogP contribution in [0.15, 0.2) is 48.1 Å². The predicted molar refractivity (Wildman–Crippen MR) is 131 cm³/mol. The Kier molecular flexibility index (Phi) is 5.74. The van der Waals surface area contributed by atoms with Crippen molar-refractivity contribution in [3.05, 3.63) is 74.8 Å². The molecule has 9 heteroatoms. The zero-order valence-electron chi connectivity index (χ0n) is 18.2. The van der Waals surface area contributed by atoms with Gasteiger partial charge >= 0.3 is 0 Å². The molecule has 1 aliphatic heterocycles.